The lowest BCUT2D eigenvalue weighted by atomic mass is 10.1. The van der Waals surface area contributed by atoms with Crippen molar-refractivity contribution in [1.82, 2.24) is 20.1 Å². The van der Waals surface area contributed by atoms with Crippen LogP contribution in [0.25, 0.3) is 0 Å². The summed E-state index contributed by atoms with van der Waals surface area (Å²) in [6, 6.07) is 0.338. The van der Waals surface area contributed by atoms with Crippen molar-refractivity contribution in [2.24, 2.45) is 0 Å². The van der Waals surface area contributed by atoms with E-state index in [2.05, 4.69) is 15.3 Å². The smallest absolute Gasteiger partial charge is 0.322 e. The number of hydrogen-bond acceptors (Lipinski definition) is 5. The van der Waals surface area contributed by atoms with Crippen LogP contribution in [0.15, 0.2) is 12.4 Å². The van der Waals surface area contributed by atoms with Crippen LogP contribution in [-0.4, -0.2) is 47.0 Å². The van der Waals surface area contributed by atoms with Crippen molar-refractivity contribution in [3.05, 3.63) is 23.0 Å². The maximum Gasteiger partial charge on any atom is 0.322 e. The average molecular weight is 330 g/mol. The summed E-state index contributed by atoms with van der Waals surface area (Å²) in [5.41, 5.74) is 2.20. The first-order chi connectivity index (χ1) is 11.3. The molecule has 3 aliphatic rings. The number of urea groups is 1. The molecule has 2 saturated heterocycles. The number of amides is 2. The molecule has 2 aliphatic heterocycles. The van der Waals surface area contributed by atoms with Crippen molar-refractivity contribution < 1.29 is 4.79 Å². The van der Waals surface area contributed by atoms with Gasteiger partial charge < -0.3 is 10.2 Å². The van der Waals surface area contributed by atoms with Gasteiger partial charge in [-0.1, -0.05) is 0 Å². The number of aryl methyl sites for hydroxylation is 2. The first kappa shape index (κ1) is 13.4. The van der Waals surface area contributed by atoms with E-state index < -0.39 is 0 Å². The fraction of sp³-hybridized carbons (Fsp3) is 0.533. The van der Waals surface area contributed by atoms with E-state index in [-0.39, 0.29) is 6.03 Å². The number of rotatable bonds is 3. The Morgan fingerprint density at radius 3 is 3.00 bits per heavy atom. The van der Waals surface area contributed by atoms with Crippen molar-refractivity contribution in [3.8, 4) is 0 Å². The minimum absolute atomic E-state index is 0.0305. The second-order valence-electron chi connectivity index (χ2n) is 6.34. The van der Waals surface area contributed by atoms with E-state index in [1.54, 1.807) is 11.1 Å². The quantitative estimate of drug-likeness (QED) is 0.924. The molecule has 0 radical (unpaired) electrons. The van der Waals surface area contributed by atoms with E-state index in [9.17, 15) is 4.79 Å². The van der Waals surface area contributed by atoms with Gasteiger partial charge in [0.2, 0.25) is 0 Å². The topological polar surface area (TPSA) is 66.3 Å². The Labute approximate surface area is 137 Å². The van der Waals surface area contributed by atoms with Gasteiger partial charge in [-0.25, -0.2) is 9.78 Å². The number of nitrogens with one attached hydrogen (secondary N) is 1. The molecule has 0 bridgehead atoms. The first-order valence-corrected chi connectivity index (χ1v) is 8.92. The van der Waals surface area contributed by atoms with E-state index in [0.29, 0.717) is 19.1 Å². The van der Waals surface area contributed by atoms with Crippen LogP contribution >= 0.6 is 11.3 Å². The molecule has 7 nitrogen and oxygen atoms in total. The number of aromatic nitrogens is 3. The summed E-state index contributed by atoms with van der Waals surface area (Å²) in [6.45, 7) is 3.31. The van der Waals surface area contributed by atoms with Gasteiger partial charge in [-0.3, -0.25) is 9.58 Å². The molecule has 5 rings (SSSR count). The molecule has 8 heteroatoms. The zero-order valence-electron chi connectivity index (χ0n) is 12.7. The summed E-state index contributed by atoms with van der Waals surface area (Å²) in [4.78, 5) is 22.0. The molecule has 1 aliphatic carbocycles. The fourth-order valence-corrected chi connectivity index (χ4v) is 4.64. The highest BCUT2D eigenvalue weighted by Crippen LogP contribution is 2.36. The molecule has 2 aromatic rings. The Hall–Kier alpha value is -2.09. The summed E-state index contributed by atoms with van der Waals surface area (Å²) in [5.74, 6) is 0. The lowest BCUT2D eigenvalue weighted by Gasteiger charge is -2.39. The monoisotopic (exact) mass is 330 g/mol. The van der Waals surface area contributed by atoms with Gasteiger partial charge in [-0.15, -0.1) is 11.3 Å². The summed E-state index contributed by atoms with van der Waals surface area (Å²) in [7, 11) is 0. The Morgan fingerprint density at radius 2 is 2.22 bits per heavy atom. The van der Waals surface area contributed by atoms with Crippen LogP contribution < -0.4 is 15.1 Å². The van der Waals surface area contributed by atoms with Crippen LogP contribution in [-0.2, 0) is 12.8 Å². The van der Waals surface area contributed by atoms with Crippen LogP contribution in [0.1, 0.15) is 23.0 Å². The number of carbonyl (C=O) groups excluding carboxylic acids is 1. The maximum atomic E-state index is 11.7. The number of nitrogens with zero attached hydrogens (tertiary/aromatic N) is 5. The molecule has 0 saturated carbocycles. The molecule has 1 N–H and O–H groups in total. The predicted octanol–water partition coefficient (Wildman–Crippen LogP) is 1.42. The SMILES string of the molecule is O=C1NCCN1c1cnn(C2CN(c3nc4c(s3)CCC4)C2)c1. The standard InChI is InChI=1S/C15H18N6OS/c22-14-16-4-5-20(14)10-6-17-21(9-10)11-7-19(8-11)15-18-12-2-1-3-13(12)23-15/h6,9,11H,1-5,7-8H2,(H,16,22). The molecule has 0 spiro atoms. The lowest BCUT2D eigenvalue weighted by molar-refractivity contribution is 0.252. The Kier molecular flexibility index (Phi) is 2.88. The van der Waals surface area contributed by atoms with E-state index in [1.807, 2.05) is 22.2 Å². The second-order valence-corrected chi connectivity index (χ2v) is 7.40. The Balaban J connectivity index is 1.26. The fourth-order valence-electron chi connectivity index (χ4n) is 3.48. The largest absolute Gasteiger partial charge is 0.344 e. The van der Waals surface area contributed by atoms with E-state index in [4.69, 9.17) is 4.98 Å². The van der Waals surface area contributed by atoms with Gasteiger partial charge in [0.05, 0.1) is 23.6 Å². The van der Waals surface area contributed by atoms with Crippen LogP contribution in [0.2, 0.25) is 0 Å². The minimum Gasteiger partial charge on any atom is -0.344 e. The molecule has 0 aromatic carbocycles. The minimum atomic E-state index is -0.0305. The van der Waals surface area contributed by atoms with E-state index in [0.717, 1.165) is 30.3 Å². The van der Waals surface area contributed by atoms with Crippen LogP contribution in [0.3, 0.4) is 0 Å². The van der Waals surface area contributed by atoms with Crippen LogP contribution in [0.5, 0.6) is 0 Å². The zero-order chi connectivity index (χ0) is 15.4. The van der Waals surface area contributed by atoms with Crippen molar-refractivity contribution in [3.63, 3.8) is 0 Å². The van der Waals surface area contributed by atoms with Crippen molar-refractivity contribution >= 4 is 28.2 Å². The lowest BCUT2D eigenvalue weighted by Crippen LogP contribution is -2.48. The molecule has 23 heavy (non-hydrogen) atoms. The van der Waals surface area contributed by atoms with Gasteiger partial charge in [-0.2, -0.15) is 5.10 Å². The van der Waals surface area contributed by atoms with Crippen LogP contribution in [0, 0.1) is 0 Å². The van der Waals surface area contributed by atoms with Crippen LogP contribution in [0.4, 0.5) is 15.6 Å². The summed E-state index contributed by atoms with van der Waals surface area (Å²) in [5, 5.41) is 8.43. The summed E-state index contributed by atoms with van der Waals surface area (Å²) < 4.78 is 1.98. The third kappa shape index (κ3) is 2.12. The second kappa shape index (κ2) is 4.95. The third-order valence-corrected chi connectivity index (χ3v) is 6.07. The highest BCUT2D eigenvalue weighted by atomic mass is 32.1. The number of fused-ring (bicyclic) bond motifs is 1. The summed E-state index contributed by atoms with van der Waals surface area (Å²) >= 11 is 1.85. The molecule has 4 heterocycles. The van der Waals surface area contributed by atoms with Crippen molar-refractivity contribution in [2.45, 2.75) is 25.3 Å². The number of hydrogen-bond donors (Lipinski definition) is 1. The molecule has 0 atom stereocenters. The average Bonchev–Trinajstić information content (AvgIpc) is 3.19. The summed E-state index contributed by atoms with van der Waals surface area (Å²) in [6.07, 6.45) is 7.37. The van der Waals surface area contributed by atoms with Gasteiger partial charge in [-0.05, 0) is 19.3 Å². The van der Waals surface area contributed by atoms with E-state index >= 15 is 0 Å². The number of carbonyl (C=O) groups is 1. The molecule has 2 fully saturated rings. The molecular formula is C15H18N6OS. The molecule has 2 aromatic heterocycles. The first-order valence-electron chi connectivity index (χ1n) is 8.11. The molecule has 0 unspecified atom stereocenters. The van der Waals surface area contributed by atoms with Gasteiger partial charge in [0.1, 0.15) is 0 Å². The third-order valence-electron chi connectivity index (χ3n) is 4.85. The van der Waals surface area contributed by atoms with Crippen molar-refractivity contribution in [2.75, 3.05) is 36.0 Å². The Bertz CT molecular complexity index is 740. The molecular weight excluding hydrogens is 312 g/mol. The molecule has 2 amide bonds. The van der Waals surface area contributed by atoms with Gasteiger partial charge in [0.15, 0.2) is 5.13 Å². The van der Waals surface area contributed by atoms with Crippen molar-refractivity contribution in [1.29, 1.82) is 0 Å². The predicted molar refractivity (Wildman–Crippen MR) is 88.4 cm³/mol. The zero-order valence-corrected chi connectivity index (χ0v) is 13.6. The number of thiazole rings is 1. The number of anilines is 2. The van der Waals surface area contributed by atoms with Gasteiger partial charge in [0, 0.05) is 37.3 Å². The highest BCUT2D eigenvalue weighted by Gasteiger charge is 2.33. The van der Waals surface area contributed by atoms with Gasteiger partial charge in [0.25, 0.3) is 0 Å². The highest BCUT2D eigenvalue weighted by molar-refractivity contribution is 7.15. The van der Waals surface area contributed by atoms with E-state index in [1.165, 1.54) is 23.4 Å². The maximum absolute atomic E-state index is 11.7. The Morgan fingerprint density at radius 1 is 1.30 bits per heavy atom. The van der Waals surface area contributed by atoms with Gasteiger partial charge >= 0.3 is 6.03 Å². The molecule has 120 valence electrons. The normalized spacial score (nSPS) is 20.8.